The zero-order valence-corrected chi connectivity index (χ0v) is 22.5. The molecule has 2 aromatic heterocycles. The maximum Gasteiger partial charge on any atom is 0.259 e. The smallest absolute Gasteiger partial charge is 0.259 e. The fourth-order valence-electron chi connectivity index (χ4n) is 5.45. The van der Waals surface area contributed by atoms with Gasteiger partial charge in [-0.15, -0.1) is 5.10 Å². The third kappa shape index (κ3) is 4.80. The molecule has 0 spiro atoms. The van der Waals surface area contributed by atoms with Crippen LogP contribution in [0.15, 0.2) is 24.4 Å². The SMILES string of the molecule is CC(C1CC1)N1Cc2cc(-c3ccn4nc(N)c(C(=O)N[C@@H](CO)C5CC5)c4n3)cc(NS(C)(=O)=O)c2C1=O. The van der Waals surface area contributed by atoms with Crippen molar-refractivity contribution in [2.24, 2.45) is 11.8 Å². The molecular weight excluding hydrogens is 522 g/mol. The quantitative estimate of drug-likeness (QED) is 0.309. The summed E-state index contributed by atoms with van der Waals surface area (Å²) in [5.74, 6) is 0.0419. The standard InChI is InChI=1S/C26H31N7O5S/c1-13(14-3-4-14)32-11-17-9-16(10-19(21(17)26(32)36)31-39(2,37)38)18-7-8-33-24(28-18)22(23(27)30-33)25(35)29-20(12-34)15-5-6-15/h7-10,13-15,20,31,34H,3-6,11-12H2,1-2H3,(H2,27,30)(H,29,35)/t13?,20-/m0/s1. The molecule has 1 aromatic carbocycles. The number of carbonyl (C=O) groups is 2. The molecule has 5 N–H and O–H groups in total. The van der Waals surface area contributed by atoms with E-state index in [0.29, 0.717) is 34.8 Å². The first-order valence-corrected chi connectivity index (χ1v) is 15.0. The van der Waals surface area contributed by atoms with Gasteiger partial charge in [-0.05, 0) is 68.2 Å². The zero-order valence-electron chi connectivity index (χ0n) is 21.7. The van der Waals surface area contributed by atoms with Crippen molar-refractivity contribution in [3.63, 3.8) is 0 Å². The normalized spacial score (nSPS) is 18.7. The van der Waals surface area contributed by atoms with Gasteiger partial charge in [0.15, 0.2) is 11.5 Å². The van der Waals surface area contributed by atoms with E-state index in [1.165, 1.54) is 4.52 Å². The van der Waals surface area contributed by atoms with Crippen molar-refractivity contribution in [1.29, 1.82) is 0 Å². The number of hydrogen-bond acceptors (Lipinski definition) is 8. The van der Waals surface area contributed by atoms with Crippen LogP contribution in [0, 0.1) is 11.8 Å². The van der Waals surface area contributed by atoms with Gasteiger partial charge >= 0.3 is 0 Å². The van der Waals surface area contributed by atoms with Crippen LogP contribution in [0.3, 0.4) is 0 Å². The van der Waals surface area contributed by atoms with Crippen LogP contribution in [0.5, 0.6) is 0 Å². The number of aliphatic hydroxyl groups excluding tert-OH is 1. The molecule has 3 aromatic rings. The van der Waals surface area contributed by atoms with Gasteiger partial charge in [0.1, 0.15) is 5.56 Å². The Bertz CT molecular complexity index is 1610. The molecule has 1 unspecified atom stereocenters. The molecule has 206 valence electrons. The average molecular weight is 554 g/mol. The first-order chi connectivity index (χ1) is 18.5. The molecule has 0 bridgehead atoms. The first kappa shape index (κ1) is 25.6. The minimum Gasteiger partial charge on any atom is -0.394 e. The summed E-state index contributed by atoms with van der Waals surface area (Å²) in [5, 5.41) is 16.7. The molecule has 3 heterocycles. The van der Waals surface area contributed by atoms with Gasteiger partial charge in [-0.2, -0.15) is 0 Å². The highest BCUT2D eigenvalue weighted by atomic mass is 32.2. The van der Waals surface area contributed by atoms with Gasteiger partial charge in [-0.3, -0.25) is 14.3 Å². The van der Waals surface area contributed by atoms with Gasteiger partial charge in [-0.1, -0.05) is 0 Å². The number of carbonyl (C=O) groups excluding carboxylic acids is 2. The molecule has 2 saturated carbocycles. The maximum atomic E-state index is 13.4. The Labute approximate surface area is 225 Å². The zero-order chi connectivity index (χ0) is 27.6. The molecular formula is C26H31N7O5S. The van der Waals surface area contributed by atoms with Gasteiger partial charge in [0, 0.05) is 24.3 Å². The summed E-state index contributed by atoms with van der Waals surface area (Å²) in [4.78, 5) is 33.0. The van der Waals surface area contributed by atoms with Crippen LogP contribution in [-0.2, 0) is 16.6 Å². The Morgan fingerprint density at radius 3 is 2.59 bits per heavy atom. The van der Waals surface area contributed by atoms with E-state index < -0.39 is 15.9 Å². The number of nitrogen functional groups attached to an aromatic ring is 1. The van der Waals surface area contributed by atoms with E-state index in [2.05, 4.69) is 20.1 Å². The van der Waals surface area contributed by atoms with E-state index in [1.807, 2.05) is 13.0 Å². The number of fused-ring (bicyclic) bond motifs is 2. The van der Waals surface area contributed by atoms with E-state index in [4.69, 9.17) is 5.73 Å². The van der Waals surface area contributed by atoms with Crippen molar-refractivity contribution < 1.29 is 23.1 Å². The number of hydrogen-bond donors (Lipinski definition) is 4. The Hall–Kier alpha value is -3.71. The number of aromatic nitrogens is 3. The topological polar surface area (TPSA) is 172 Å². The van der Waals surface area contributed by atoms with Crippen molar-refractivity contribution in [1.82, 2.24) is 24.8 Å². The van der Waals surface area contributed by atoms with Crippen molar-refractivity contribution in [2.45, 2.75) is 51.2 Å². The Balaban J connectivity index is 1.40. The lowest BCUT2D eigenvalue weighted by molar-refractivity contribution is 0.0698. The highest BCUT2D eigenvalue weighted by Gasteiger charge is 2.40. The molecule has 12 nitrogen and oxygen atoms in total. The van der Waals surface area contributed by atoms with E-state index in [-0.39, 0.29) is 53.2 Å². The molecule has 2 atom stereocenters. The van der Waals surface area contributed by atoms with Crippen LogP contribution in [-0.4, -0.2) is 69.8 Å². The molecule has 0 radical (unpaired) electrons. The Morgan fingerprint density at radius 1 is 1.23 bits per heavy atom. The summed E-state index contributed by atoms with van der Waals surface area (Å²) in [6, 6.07) is 4.82. The van der Waals surface area contributed by atoms with E-state index in [9.17, 15) is 23.1 Å². The highest BCUT2D eigenvalue weighted by Crippen LogP contribution is 2.41. The molecule has 2 amide bonds. The van der Waals surface area contributed by atoms with Crippen LogP contribution in [0.1, 0.15) is 58.9 Å². The number of nitrogens with one attached hydrogen (secondary N) is 2. The number of anilines is 2. The number of nitrogens with two attached hydrogens (primary N) is 1. The van der Waals surface area contributed by atoms with Gasteiger partial charge in [0.25, 0.3) is 11.8 Å². The molecule has 39 heavy (non-hydrogen) atoms. The molecule has 0 saturated heterocycles. The van der Waals surface area contributed by atoms with Crippen LogP contribution >= 0.6 is 0 Å². The molecule has 6 rings (SSSR count). The molecule has 2 aliphatic carbocycles. The Kier molecular flexibility index (Phi) is 6.03. The van der Waals surface area contributed by atoms with Gasteiger partial charge in [-0.25, -0.2) is 17.9 Å². The van der Waals surface area contributed by atoms with Gasteiger partial charge < -0.3 is 21.1 Å². The van der Waals surface area contributed by atoms with Crippen LogP contribution in [0.25, 0.3) is 16.9 Å². The predicted octanol–water partition coefficient (Wildman–Crippen LogP) is 1.60. The molecule has 13 heteroatoms. The number of sulfonamides is 1. The second-order valence-electron chi connectivity index (χ2n) is 10.9. The minimum atomic E-state index is -3.67. The van der Waals surface area contributed by atoms with Crippen molar-refractivity contribution >= 4 is 39.0 Å². The number of benzene rings is 1. The van der Waals surface area contributed by atoms with Crippen molar-refractivity contribution in [3.05, 3.63) is 41.1 Å². The fourth-order valence-corrected chi connectivity index (χ4v) is 6.01. The maximum absolute atomic E-state index is 13.4. The number of amides is 2. The summed E-state index contributed by atoms with van der Waals surface area (Å²) >= 11 is 0. The number of rotatable bonds is 9. The second-order valence-corrected chi connectivity index (χ2v) is 12.6. The summed E-state index contributed by atoms with van der Waals surface area (Å²) in [6.45, 7) is 2.23. The largest absolute Gasteiger partial charge is 0.394 e. The molecule has 2 fully saturated rings. The lowest BCUT2D eigenvalue weighted by Gasteiger charge is -2.24. The van der Waals surface area contributed by atoms with E-state index in [1.54, 1.807) is 23.2 Å². The van der Waals surface area contributed by atoms with E-state index in [0.717, 1.165) is 31.9 Å². The number of aliphatic hydroxyl groups is 1. The highest BCUT2D eigenvalue weighted by molar-refractivity contribution is 7.92. The van der Waals surface area contributed by atoms with Gasteiger partial charge in [0.2, 0.25) is 10.0 Å². The van der Waals surface area contributed by atoms with Crippen LogP contribution in [0.4, 0.5) is 11.5 Å². The third-order valence-corrected chi connectivity index (χ3v) is 8.46. The van der Waals surface area contributed by atoms with Crippen LogP contribution in [0.2, 0.25) is 0 Å². The monoisotopic (exact) mass is 553 g/mol. The number of nitrogens with zero attached hydrogens (tertiary/aromatic N) is 4. The van der Waals surface area contributed by atoms with Crippen molar-refractivity contribution in [2.75, 3.05) is 23.3 Å². The summed E-state index contributed by atoms with van der Waals surface area (Å²) in [7, 11) is -3.67. The Morgan fingerprint density at radius 2 is 1.95 bits per heavy atom. The molecule has 1 aliphatic heterocycles. The third-order valence-electron chi connectivity index (χ3n) is 7.87. The fraction of sp³-hybridized carbons (Fsp3) is 0.462. The predicted molar refractivity (Wildman–Crippen MR) is 144 cm³/mol. The van der Waals surface area contributed by atoms with Crippen LogP contribution < -0.4 is 15.8 Å². The summed E-state index contributed by atoms with van der Waals surface area (Å²) in [6.07, 6.45) is 6.71. The average Bonchev–Trinajstić information content (AvgIpc) is 3.80. The second kappa shape index (κ2) is 9.19. The summed E-state index contributed by atoms with van der Waals surface area (Å²) < 4.78 is 28.3. The van der Waals surface area contributed by atoms with Crippen molar-refractivity contribution in [3.8, 4) is 11.3 Å². The first-order valence-electron chi connectivity index (χ1n) is 13.1. The molecule has 3 aliphatic rings. The lowest BCUT2D eigenvalue weighted by atomic mass is 10.0. The lowest BCUT2D eigenvalue weighted by Crippen LogP contribution is -2.39. The summed E-state index contributed by atoms with van der Waals surface area (Å²) in [5.41, 5.74) is 8.71. The minimum absolute atomic E-state index is 0.00771. The van der Waals surface area contributed by atoms with E-state index >= 15 is 0 Å². The van der Waals surface area contributed by atoms with Gasteiger partial charge in [0.05, 0.1) is 35.8 Å².